The molecule has 1 aromatic heterocycles. The van der Waals surface area contributed by atoms with Crippen molar-refractivity contribution in [1.82, 2.24) is 4.98 Å². The smallest absolute Gasteiger partial charge is 0.266 e. The molecule has 1 aliphatic heterocycles. The van der Waals surface area contributed by atoms with Gasteiger partial charge in [0.1, 0.15) is 5.82 Å². The molecule has 3 aromatic rings. The van der Waals surface area contributed by atoms with Gasteiger partial charge in [0.15, 0.2) is 6.10 Å². The molecular weight excluding hydrogens is 432 g/mol. The fourth-order valence-electron chi connectivity index (χ4n) is 4.61. The lowest BCUT2D eigenvalue weighted by Crippen LogP contribution is -2.81. The van der Waals surface area contributed by atoms with Crippen molar-refractivity contribution >= 4 is 30.4 Å². The van der Waals surface area contributed by atoms with E-state index >= 15 is 0 Å². The van der Waals surface area contributed by atoms with Gasteiger partial charge in [-0.05, 0) is 34.5 Å². The molecule has 172 valence electrons. The van der Waals surface area contributed by atoms with Crippen LogP contribution in [0.4, 0.5) is 5.82 Å². The monoisotopic (exact) mass is 462 g/mol. The Bertz CT molecular complexity index is 1100. The summed E-state index contributed by atoms with van der Waals surface area (Å²) < 4.78 is 12.3. The number of nitrogens with zero attached hydrogens (tertiary/aromatic N) is 1. The summed E-state index contributed by atoms with van der Waals surface area (Å²) in [4.78, 5) is 16.3. The van der Waals surface area contributed by atoms with Crippen molar-refractivity contribution in [3.8, 4) is 0 Å². The normalized spacial score (nSPS) is 19.3. The molecule has 0 aliphatic carbocycles. The van der Waals surface area contributed by atoms with E-state index in [1.54, 1.807) is 12.3 Å². The van der Waals surface area contributed by atoms with Gasteiger partial charge in [0.25, 0.3) is 14.2 Å². The van der Waals surface area contributed by atoms with E-state index in [1.807, 2.05) is 19.1 Å². The molecule has 2 atom stereocenters. The van der Waals surface area contributed by atoms with E-state index in [-0.39, 0.29) is 18.3 Å². The zero-order valence-electron chi connectivity index (χ0n) is 19.2. The Labute approximate surface area is 195 Å². The Morgan fingerprint density at radius 2 is 1.79 bits per heavy atom. The minimum atomic E-state index is -2.45. The van der Waals surface area contributed by atoms with Gasteiger partial charge < -0.3 is 19.6 Å². The fraction of sp³-hybridized carbons (Fsp3) is 0.308. The van der Waals surface area contributed by atoms with E-state index in [4.69, 9.17) is 9.16 Å². The van der Waals surface area contributed by atoms with Crippen LogP contribution in [0.5, 0.6) is 0 Å². The first kappa shape index (κ1) is 23.3. The molecule has 4 rings (SSSR count). The number of benzene rings is 2. The maximum atomic E-state index is 12.2. The molecule has 0 bridgehead atoms. The van der Waals surface area contributed by atoms with E-state index in [0.717, 1.165) is 5.56 Å². The lowest BCUT2D eigenvalue weighted by atomic mass is 10.0. The standard InChI is InChI=1S/C26H30N2O4Si/c1-19-13-14-24(27-17-19)28-25(30)22(29)18-31-15-16-32-33(20-9-5-4-6-10-20)23-12-8-7-11-21(23)26(33,2)3/h4-14,17,22,29H,15-16,18H2,1-3H3,(H,27,28,30)/t22-,33?/m0/s1. The Hall–Kier alpha value is -2.84. The Morgan fingerprint density at radius 3 is 2.52 bits per heavy atom. The second-order valence-electron chi connectivity index (χ2n) is 8.87. The van der Waals surface area contributed by atoms with Gasteiger partial charge in [-0.1, -0.05) is 74.5 Å². The molecule has 0 saturated heterocycles. The highest BCUT2D eigenvalue weighted by molar-refractivity contribution is 7.03. The lowest BCUT2D eigenvalue weighted by Gasteiger charge is -2.55. The van der Waals surface area contributed by atoms with Crippen LogP contribution >= 0.6 is 0 Å². The highest BCUT2D eigenvalue weighted by Crippen LogP contribution is 2.42. The number of pyridine rings is 1. The Morgan fingerprint density at radius 1 is 1.06 bits per heavy atom. The van der Waals surface area contributed by atoms with E-state index in [0.29, 0.717) is 12.4 Å². The minimum Gasteiger partial charge on any atom is -0.405 e. The zero-order chi connectivity index (χ0) is 23.5. The van der Waals surface area contributed by atoms with Crippen LogP contribution < -0.4 is 15.7 Å². The summed E-state index contributed by atoms with van der Waals surface area (Å²) in [6.45, 7) is 6.98. The summed E-state index contributed by atoms with van der Waals surface area (Å²) >= 11 is 0. The number of aryl methyl sites for hydroxylation is 1. The van der Waals surface area contributed by atoms with Gasteiger partial charge in [-0.2, -0.15) is 0 Å². The van der Waals surface area contributed by atoms with Crippen LogP contribution in [0.25, 0.3) is 0 Å². The summed E-state index contributed by atoms with van der Waals surface area (Å²) in [5.41, 5.74) is 2.32. The molecule has 2 N–H and O–H groups in total. The minimum absolute atomic E-state index is 0.0780. The van der Waals surface area contributed by atoms with Gasteiger partial charge in [-0.25, -0.2) is 4.98 Å². The number of aromatic nitrogens is 1. The highest BCUT2D eigenvalue weighted by atomic mass is 28.4. The first-order valence-corrected chi connectivity index (χ1v) is 13.1. The van der Waals surface area contributed by atoms with Gasteiger partial charge in [-0.3, -0.25) is 4.79 Å². The van der Waals surface area contributed by atoms with E-state index in [1.165, 1.54) is 15.9 Å². The van der Waals surface area contributed by atoms with Crippen molar-refractivity contribution in [2.24, 2.45) is 0 Å². The molecule has 33 heavy (non-hydrogen) atoms. The van der Waals surface area contributed by atoms with Gasteiger partial charge in [-0.15, -0.1) is 0 Å². The molecule has 1 amide bonds. The van der Waals surface area contributed by atoms with Crippen LogP contribution in [0, 0.1) is 6.92 Å². The van der Waals surface area contributed by atoms with Crippen molar-refractivity contribution < 1.29 is 19.1 Å². The molecule has 0 radical (unpaired) electrons. The van der Waals surface area contributed by atoms with Gasteiger partial charge >= 0.3 is 0 Å². The summed E-state index contributed by atoms with van der Waals surface area (Å²) in [5, 5.41) is 15.2. The van der Waals surface area contributed by atoms with Crippen molar-refractivity contribution in [3.63, 3.8) is 0 Å². The number of fused-ring (bicyclic) bond motifs is 1. The molecule has 0 spiro atoms. The predicted octanol–water partition coefficient (Wildman–Crippen LogP) is 2.31. The van der Waals surface area contributed by atoms with Gasteiger partial charge in [0.2, 0.25) is 0 Å². The number of aliphatic hydroxyl groups is 1. The number of ether oxygens (including phenoxy) is 1. The molecule has 0 saturated carbocycles. The van der Waals surface area contributed by atoms with Crippen LogP contribution in [0.1, 0.15) is 25.0 Å². The Balaban J connectivity index is 1.35. The number of hydrogen-bond donors (Lipinski definition) is 2. The molecule has 7 heteroatoms. The molecule has 0 fully saturated rings. The Kier molecular flexibility index (Phi) is 6.76. The highest BCUT2D eigenvalue weighted by Gasteiger charge is 2.62. The third-order valence-corrected chi connectivity index (χ3v) is 11.3. The number of nitrogens with one attached hydrogen (secondary N) is 1. The molecule has 2 heterocycles. The summed E-state index contributed by atoms with van der Waals surface area (Å²) in [6, 6.07) is 22.5. The van der Waals surface area contributed by atoms with Crippen molar-refractivity contribution in [2.45, 2.75) is 31.9 Å². The van der Waals surface area contributed by atoms with Crippen LogP contribution in [-0.2, 0) is 19.0 Å². The maximum Gasteiger partial charge on any atom is 0.266 e. The fourth-order valence-corrected chi connectivity index (χ4v) is 9.56. The second kappa shape index (κ2) is 9.57. The number of anilines is 1. The average Bonchev–Trinajstić information content (AvgIpc) is 2.83. The number of hydrogen-bond acceptors (Lipinski definition) is 5. The topological polar surface area (TPSA) is 80.7 Å². The molecule has 1 unspecified atom stereocenters. The lowest BCUT2D eigenvalue weighted by molar-refractivity contribution is -0.127. The molecule has 1 aliphatic rings. The number of carbonyl (C=O) groups is 1. The number of rotatable bonds is 9. The van der Waals surface area contributed by atoms with E-state index in [2.05, 4.69) is 72.7 Å². The largest absolute Gasteiger partial charge is 0.405 e. The van der Waals surface area contributed by atoms with Crippen molar-refractivity contribution in [1.29, 1.82) is 0 Å². The zero-order valence-corrected chi connectivity index (χ0v) is 20.2. The van der Waals surface area contributed by atoms with Crippen molar-refractivity contribution in [3.05, 3.63) is 84.1 Å². The maximum absolute atomic E-state index is 12.2. The number of amides is 1. The molecule has 2 aromatic carbocycles. The predicted molar refractivity (Wildman–Crippen MR) is 131 cm³/mol. The average molecular weight is 463 g/mol. The summed E-state index contributed by atoms with van der Waals surface area (Å²) in [7, 11) is -2.45. The van der Waals surface area contributed by atoms with Gasteiger partial charge in [0.05, 0.1) is 19.8 Å². The first-order chi connectivity index (χ1) is 15.9. The molecule has 6 nitrogen and oxygen atoms in total. The van der Waals surface area contributed by atoms with Crippen LogP contribution in [0.2, 0.25) is 0 Å². The quantitative estimate of drug-likeness (QED) is 0.377. The second-order valence-corrected chi connectivity index (χ2v) is 12.9. The third kappa shape index (κ3) is 4.37. The van der Waals surface area contributed by atoms with Crippen LogP contribution in [-0.4, -0.2) is 50.2 Å². The molecular formula is C26H30N2O4Si. The first-order valence-electron chi connectivity index (χ1n) is 11.1. The third-order valence-electron chi connectivity index (χ3n) is 6.33. The van der Waals surface area contributed by atoms with Gasteiger partial charge in [0, 0.05) is 11.2 Å². The number of aliphatic hydroxyl groups excluding tert-OH is 1. The van der Waals surface area contributed by atoms with E-state index < -0.39 is 20.3 Å². The van der Waals surface area contributed by atoms with Crippen LogP contribution in [0.3, 0.4) is 0 Å². The van der Waals surface area contributed by atoms with Crippen LogP contribution in [0.15, 0.2) is 72.9 Å². The van der Waals surface area contributed by atoms with E-state index in [9.17, 15) is 9.90 Å². The number of carbonyl (C=O) groups excluding carboxylic acids is 1. The summed E-state index contributed by atoms with van der Waals surface area (Å²) in [6.07, 6.45) is 0.372. The van der Waals surface area contributed by atoms with Crippen molar-refractivity contribution in [2.75, 3.05) is 25.1 Å². The SMILES string of the molecule is Cc1ccc(NC(=O)[C@@H](O)COCCO[Si]2(c3ccccc3)c3ccccc3C2(C)C)nc1. The summed E-state index contributed by atoms with van der Waals surface area (Å²) in [5.74, 6) is -0.147.